The number of rotatable bonds is 8. The third-order valence-corrected chi connectivity index (χ3v) is 11.0. The molecule has 0 saturated carbocycles. The summed E-state index contributed by atoms with van der Waals surface area (Å²) < 4.78 is 14.7. The zero-order chi connectivity index (χ0) is 36.7. The highest BCUT2D eigenvalue weighted by Crippen LogP contribution is 2.42. The van der Waals surface area contributed by atoms with Gasteiger partial charge in [-0.2, -0.15) is 0 Å². The monoisotopic (exact) mass is 725 g/mol. The molecule has 0 spiro atoms. The molecule has 0 radical (unpaired) electrons. The van der Waals surface area contributed by atoms with Crippen molar-refractivity contribution in [1.29, 1.82) is 0 Å². The number of thiazole rings is 1. The third kappa shape index (κ3) is 8.61. The maximum Gasteiger partial charge on any atom is 0.131 e. The van der Waals surface area contributed by atoms with E-state index < -0.39 is 0 Å². The Bertz CT molecular complexity index is 1890. The molecule has 8 rings (SSSR count). The predicted molar refractivity (Wildman–Crippen MR) is 209 cm³/mol. The fourth-order valence-corrected chi connectivity index (χ4v) is 8.11. The van der Waals surface area contributed by atoms with Crippen molar-refractivity contribution in [2.45, 2.75) is 112 Å². The summed E-state index contributed by atoms with van der Waals surface area (Å²) in [4.78, 5) is 12.4. The second-order valence-corrected chi connectivity index (χ2v) is 15.1. The van der Waals surface area contributed by atoms with E-state index in [1.54, 1.807) is 11.3 Å². The second-order valence-electron chi connectivity index (χ2n) is 14.2. The van der Waals surface area contributed by atoms with Gasteiger partial charge in [-0.05, 0) is 95.0 Å². The average Bonchev–Trinajstić information content (AvgIpc) is 3.95. The Kier molecular flexibility index (Phi) is 12.5. The van der Waals surface area contributed by atoms with Gasteiger partial charge in [0.1, 0.15) is 16.4 Å². The first-order valence-corrected chi connectivity index (χ1v) is 20.0. The Balaban J connectivity index is 0.000000521. The van der Waals surface area contributed by atoms with Crippen LogP contribution >= 0.6 is 11.3 Å². The molecule has 1 atom stereocenters. The molecule has 11 nitrogen and oxygen atoms in total. The predicted octanol–water partition coefficient (Wildman–Crippen LogP) is 8.23. The molecule has 12 heteroatoms. The van der Waals surface area contributed by atoms with Crippen LogP contribution in [0.25, 0.3) is 33.2 Å². The molecule has 0 amide bonds. The minimum absolute atomic E-state index is 0.0133. The van der Waals surface area contributed by atoms with E-state index in [0.717, 1.165) is 103 Å². The Morgan fingerprint density at radius 2 is 1.58 bits per heavy atom. The van der Waals surface area contributed by atoms with Crippen molar-refractivity contribution in [1.82, 2.24) is 40.0 Å². The maximum absolute atomic E-state index is 5.87. The van der Waals surface area contributed by atoms with Crippen molar-refractivity contribution < 1.29 is 9.47 Å². The lowest BCUT2D eigenvalue weighted by atomic mass is 9.78. The maximum atomic E-state index is 5.87. The molecule has 5 aromatic rings. The number of aryl methyl sites for hydroxylation is 4. The number of ether oxygens (including phenoxy) is 2. The lowest BCUT2D eigenvalue weighted by Gasteiger charge is -2.49. The van der Waals surface area contributed by atoms with Crippen molar-refractivity contribution in [3.8, 4) is 33.2 Å². The summed E-state index contributed by atoms with van der Waals surface area (Å²) in [5.74, 6) is 0. The zero-order valence-electron chi connectivity index (χ0n) is 32.1. The normalized spacial score (nSPS) is 18.1. The molecule has 0 aliphatic carbocycles. The minimum Gasteiger partial charge on any atom is -0.381 e. The highest BCUT2D eigenvalue weighted by molar-refractivity contribution is 7.13. The van der Waals surface area contributed by atoms with Gasteiger partial charge >= 0.3 is 0 Å². The van der Waals surface area contributed by atoms with Crippen molar-refractivity contribution in [3.63, 3.8) is 0 Å². The van der Waals surface area contributed by atoms with Crippen LogP contribution in [0.2, 0.25) is 0 Å². The van der Waals surface area contributed by atoms with Crippen LogP contribution in [0.4, 0.5) is 5.69 Å². The second kappa shape index (κ2) is 17.2. The first-order valence-electron chi connectivity index (χ1n) is 19.1. The standard InChI is InChI=1S/C33H39N9OS.C5H10O.C2H6/c1-6-41-16-27(36-38-41)26-13-29(22(3)11-21(26)2)40-19-33(5,20-40)30-18-44-32(35-30)24-12-23(4)31(34-14-24)28-17-42(39-37-28)15-25-9-7-8-10-43-25;1-2-4-6-5-3-1;1-2/h11-14,16-18,25H,6-10,15,19-20H2,1-5H3;1-5H2;1-2H3. The molecule has 278 valence electrons. The van der Waals surface area contributed by atoms with Crippen LogP contribution in [-0.4, -0.2) is 79.0 Å². The molecular formula is C40H55N9O2S. The van der Waals surface area contributed by atoms with E-state index in [0.29, 0.717) is 0 Å². The van der Waals surface area contributed by atoms with Crippen LogP contribution in [0.3, 0.4) is 0 Å². The van der Waals surface area contributed by atoms with Gasteiger partial charge in [0, 0.05) is 73.3 Å². The summed E-state index contributed by atoms with van der Waals surface area (Å²) in [5, 5.41) is 20.6. The van der Waals surface area contributed by atoms with Gasteiger partial charge in [0.2, 0.25) is 0 Å². The molecule has 0 bridgehead atoms. The molecule has 1 aromatic carbocycles. The quantitative estimate of drug-likeness (QED) is 0.156. The third-order valence-electron chi connectivity index (χ3n) is 10.1. The van der Waals surface area contributed by atoms with E-state index in [1.807, 2.05) is 41.8 Å². The van der Waals surface area contributed by atoms with Crippen molar-refractivity contribution >= 4 is 17.0 Å². The van der Waals surface area contributed by atoms with Gasteiger partial charge in [-0.1, -0.05) is 37.3 Å². The number of anilines is 1. The summed E-state index contributed by atoms with van der Waals surface area (Å²) >= 11 is 1.69. The van der Waals surface area contributed by atoms with Crippen LogP contribution in [0.1, 0.15) is 88.6 Å². The lowest BCUT2D eigenvalue weighted by molar-refractivity contribution is 0.00370. The van der Waals surface area contributed by atoms with E-state index in [2.05, 4.69) is 83.7 Å². The highest BCUT2D eigenvalue weighted by atomic mass is 32.1. The van der Waals surface area contributed by atoms with E-state index >= 15 is 0 Å². The van der Waals surface area contributed by atoms with E-state index in [1.165, 1.54) is 42.5 Å². The first-order chi connectivity index (χ1) is 25.3. The van der Waals surface area contributed by atoms with Gasteiger partial charge in [0.05, 0.1) is 36.4 Å². The Morgan fingerprint density at radius 3 is 2.23 bits per heavy atom. The summed E-state index contributed by atoms with van der Waals surface area (Å²) in [6.45, 7) is 21.0. The fourth-order valence-electron chi connectivity index (χ4n) is 7.15. The molecule has 1 unspecified atom stereocenters. The molecule has 3 fully saturated rings. The smallest absolute Gasteiger partial charge is 0.131 e. The number of hydrogen-bond acceptors (Lipinski definition) is 10. The summed E-state index contributed by atoms with van der Waals surface area (Å²) in [7, 11) is 0. The van der Waals surface area contributed by atoms with Crippen molar-refractivity contribution in [2.24, 2.45) is 0 Å². The zero-order valence-corrected chi connectivity index (χ0v) is 32.9. The molecule has 3 aliphatic heterocycles. The number of pyridine rings is 1. The Labute approximate surface area is 312 Å². The molecule has 3 aliphatic rings. The van der Waals surface area contributed by atoms with Crippen molar-refractivity contribution in [3.05, 3.63) is 64.6 Å². The minimum atomic E-state index is -0.0133. The van der Waals surface area contributed by atoms with E-state index in [9.17, 15) is 0 Å². The van der Waals surface area contributed by atoms with Crippen LogP contribution in [0.15, 0.2) is 42.2 Å². The first kappa shape index (κ1) is 37.7. The highest BCUT2D eigenvalue weighted by Gasteiger charge is 2.43. The Morgan fingerprint density at radius 1 is 0.846 bits per heavy atom. The fraction of sp³-hybridized carbons (Fsp3) is 0.550. The van der Waals surface area contributed by atoms with Gasteiger partial charge < -0.3 is 14.4 Å². The number of benzene rings is 1. The molecule has 52 heavy (non-hydrogen) atoms. The summed E-state index contributed by atoms with van der Waals surface area (Å²) in [6.07, 6.45) is 13.5. The SMILES string of the molecule is C1CCOCC1.CC.CCn1cc(-c2cc(N3CC(C)(c4csc(-c5cnc(-c6cn(CC7CCCCO7)nn6)c(C)c5)n4)C3)c(C)cc2C)nn1. The lowest BCUT2D eigenvalue weighted by Crippen LogP contribution is -2.58. The number of nitrogens with zero attached hydrogens (tertiary/aromatic N) is 9. The number of aromatic nitrogens is 8. The van der Waals surface area contributed by atoms with Gasteiger partial charge in [-0.25, -0.2) is 9.67 Å². The largest absolute Gasteiger partial charge is 0.381 e. The molecule has 0 N–H and O–H groups in total. The van der Waals surface area contributed by atoms with E-state index in [-0.39, 0.29) is 11.5 Å². The molecular weight excluding hydrogens is 671 g/mol. The van der Waals surface area contributed by atoms with Gasteiger partial charge in [0.25, 0.3) is 0 Å². The van der Waals surface area contributed by atoms with Crippen LogP contribution in [0, 0.1) is 20.8 Å². The van der Waals surface area contributed by atoms with E-state index in [4.69, 9.17) is 19.4 Å². The topological polar surface area (TPSA) is 109 Å². The number of hydrogen-bond donors (Lipinski definition) is 0. The van der Waals surface area contributed by atoms with Crippen LogP contribution in [-0.2, 0) is 28.0 Å². The van der Waals surface area contributed by atoms with Crippen LogP contribution < -0.4 is 4.90 Å². The summed E-state index contributed by atoms with van der Waals surface area (Å²) in [5.41, 5.74) is 10.7. The van der Waals surface area contributed by atoms with Gasteiger partial charge in [0.15, 0.2) is 0 Å². The molecule has 3 saturated heterocycles. The average molecular weight is 726 g/mol. The molecule has 4 aromatic heterocycles. The van der Waals surface area contributed by atoms with Crippen LogP contribution in [0.5, 0.6) is 0 Å². The Hall–Kier alpha value is -4.00. The van der Waals surface area contributed by atoms with Crippen molar-refractivity contribution in [2.75, 3.05) is 37.8 Å². The van der Waals surface area contributed by atoms with Gasteiger partial charge in [-0.15, -0.1) is 21.5 Å². The molecule has 7 heterocycles. The summed E-state index contributed by atoms with van der Waals surface area (Å²) in [6, 6.07) is 6.70. The van der Waals surface area contributed by atoms with Gasteiger partial charge in [-0.3, -0.25) is 9.67 Å².